The highest BCUT2D eigenvalue weighted by Crippen LogP contribution is 2.06. The molecule has 2 rings (SSSR count). The fraction of sp³-hybridized carbons (Fsp3) is 0.375. The van der Waals surface area contributed by atoms with E-state index in [-0.39, 0.29) is 11.8 Å². The Morgan fingerprint density at radius 2 is 1.65 bits per heavy atom. The fourth-order valence-corrected chi connectivity index (χ4v) is 3.00. The van der Waals surface area contributed by atoms with Crippen molar-refractivity contribution in [3.05, 3.63) is 70.8 Å². The Morgan fingerprint density at radius 3 is 2.32 bits per heavy atom. The second-order valence-electron chi connectivity index (χ2n) is 7.19. The third kappa shape index (κ3) is 8.12. The number of carbonyl (C=O) groups excluding carboxylic acids is 2. The highest BCUT2D eigenvalue weighted by molar-refractivity contribution is 5.94. The Bertz CT molecular complexity index is 878. The van der Waals surface area contributed by atoms with Crippen LogP contribution in [-0.2, 0) is 13.0 Å². The van der Waals surface area contributed by atoms with Gasteiger partial charge in [-0.2, -0.15) is 0 Å². The number of amides is 2. The molecule has 0 aliphatic carbocycles. The molecule has 0 aliphatic rings. The minimum absolute atomic E-state index is 0.0362. The van der Waals surface area contributed by atoms with E-state index in [0.29, 0.717) is 36.7 Å². The Kier molecular flexibility index (Phi) is 10.1. The maximum atomic E-state index is 12.1. The van der Waals surface area contributed by atoms with Crippen LogP contribution in [-0.4, -0.2) is 45.0 Å². The average Bonchev–Trinajstić information content (AvgIpc) is 2.81. The third-order valence-electron chi connectivity index (χ3n) is 4.84. The van der Waals surface area contributed by atoms with Crippen molar-refractivity contribution in [2.24, 2.45) is 4.99 Å². The number of unbranched alkanes of at least 4 members (excludes halogenated alkanes) is 1. The van der Waals surface area contributed by atoms with Crippen LogP contribution in [0.2, 0.25) is 0 Å². The first-order valence-corrected chi connectivity index (χ1v) is 10.7. The zero-order valence-electron chi connectivity index (χ0n) is 18.6. The van der Waals surface area contributed by atoms with Gasteiger partial charge in [0.15, 0.2) is 5.96 Å². The van der Waals surface area contributed by atoms with E-state index in [9.17, 15) is 9.59 Å². The number of benzene rings is 2. The van der Waals surface area contributed by atoms with Crippen LogP contribution in [0.5, 0.6) is 0 Å². The molecule has 166 valence electrons. The van der Waals surface area contributed by atoms with Crippen LogP contribution in [0.3, 0.4) is 0 Å². The maximum Gasteiger partial charge on any atom is 0.251 e. The quantitative estimate of drug-likeness (QED) is 0.268. The number of aliphatic imine (C=N–C) groups is 1. The second-order valence-corrected chi connectivity index (χ2v) is 7.19. The van der Waals surface area contributed by atoms with Crippen molar-refractivity contribution in [1.82, 2.24) is 21.3 Å². The van der Waals surface area contributed by atoms with Crippen molar-refractivity contribution in [2.45, 2.75) is 32.7 Å². The van der Waals surface area contributed by atoms with E-state index in [1.54, 1.807) is 20.2 Å². The lowest BCUT2D eigenvalue weighted by Crippen LogP contribution is -2.37. The van der Waals surface area contributed by atoms with Crippen molar-refractivity contribution in [2.75, 3.05) is 27.2 Å². The summed E-state index contributed by atoms with van der Waals surface area (Å²) in [6, 6.07) is 15.2. The molecule has 31 heavy (non-hydrogen) atoms. The molecule has 0 unspecified atom stereocenters. The molecule has 0 aliphatic heterocycles. The Labute approximate surface area is 184 Å². The highest BCUT2D eigenvalue weighted by Gasteiger charge is 2.06. The summed E-state index contributed by atoms with van der Waals surface area (Å²) in [5, 5.41) is 12.1. The molecular weight excluding hydrogens is 390 g/mol. The summed E-state index contributed by atoms with van der Waals surface area (Å²) in [6.07, 6.45) is 2.81. The number of nitrogens with one attached hydrogen (secondary N) is 4. The van der Waals surface area contributed by atoms with Gasteiger partial charge < -0.3 is 21.3 Å². The standard InChI is InChI=1S/C24H33N5O2/c1-4-5-14-27-23(31)20-11-9-19(10-12-20)17-29-24(26-3)28-15-13-18-7-6-8-21(16-18)22(30)25-2/h6-12,16H,4-5,13-15,17H2,1-3H3,(H,25,30)(H,27,31)(H2,26,28,29). The van der Waals surface area contributed by atoms with Crippen molar-refractivity contribution >= 4 is 17.8 Å². The highest BCUT2D eigenvalue weighted by atomic mass is 16.2. The molecular formula is C24H33N5O2. The second kappa shape index (κ2) is 13.1. The predicted octanol–water partition coefficient (Wildman–Crippen LogP) is 2.48. The van der Waals surface area contributed by atoms with Crippen molar-refractivity contribution in [3.8, 4) is 0 Å². The van der Waals surface area contributed by atoms with E-state index < -0.39 is 0 Å². The smallest absolute Gasteiger partial charge is 0.251 e. The minimum atomic E-state index is -0.0863. The van der Waals surface area contributed by atoms with Crippen LogP contribution in [0.15, 0.2) is 53.5 Å². The molecule has 0 atom stereocenters. The van der Waals surface area contributed by atoms with Gasteiger partial charge in [-0.15, -0.1) is 0 Å². The summed E-state index contributed by atoms with van der Waals surface area (Å²) in [4.78, 5) is 28.1. The molecule has 0 saturated carbocycles. The zero-order valence-corrected chi connectivity index (χ0v) is 18.6. The molecule has 0 aromatic heterocycles. The van der Waals surface area contributed by atoms with Gasteiger partial charge in [-0.1, -0.05) is 37.6 Å². The Hall–Kier alpha value is -3.35. The zero-order chi connectivity index (χ0) is 22.5. The van der Waals surface area contributed by atoms with E-state index >= 15 is 0 Å². The third-order valence-corrected chi connectivity index (χ3v) is 4.84. The number of rotatable bonds is 10. The number of hydrogen-bond donors (Lipinski definition) is 4. The van der Waals surface area contributed by atoms with Crippen molar-refractivity contribution in [1.29, 1.82) is 0 Å². The topological polar surface area (TPSA) is 94.6 Å². The normalized spacial score (nSPS) is 11.0. The number of carbonyl (C=O) groups is 2. The van der Waals surface area contributed by atoms with E-state index in [1.807, 2.05) is 42.5 Å². The summed E-state index contributed by atoms with van der Waals surface area (Å²) in [6.45, 7) is 4.09. The van der Waals surface area contributed by atoms with Crippen molar-refractivity contribution < 1.29 is 9.59 Å². The van der Waals surface area contributed by atoms with Gasteiger partial charge >= 0.3 is 0 Å². The van der Waals surface area contributed by atoms with E-state index in [1.165, 1.54) is 0 Å². The molecule has 2 amide bonds. The van der Waals surface area contributed by atoms with Crippen LogP contribution in [0.25, 0.3) is 0 Å². The number of hydrogen-bond acceptors (Lipinski definition) is 3. The van der Waals surface area contributed by atoms with Crippen LogP contribution >= 0.6 is 0 Å². The van der Waals surface area contributed by atoms with Gasteiger partial charge in [0.1, 0.15) is 0 Å². The first-order chi connectivity index (χ1) is 15.1. The molecule has 4 N–H and O–H groups in total. The SMILES string of the molecule is CCCCNC(=O)c1ccc(CNC(=NC)NCCc2cccc(C(=O)NC)c2)cc1. The summed E-state index contributed by atoms with van der Waals surface area (Å²) < 4.78 is 0. The van der Waals surface area contributed by atoms with Crippen molar-refractivity contribution in [3.63, 3.8) is 0 Å². The first-order valence-electron chi connectivity index (χ1n) is 10.7. The van der Waals surface area contributed by atoms with E-state index in [2.05, 4.69) is 33.2 Å². The summed E-state index contributed by atoms with van der Waals surface area (Å²) >= 11 is 0. The molecule has 2 aromatic carbocycles. The van der Waals surface area contributed by atoms with Gasteiger partial charge in [-0.25, -0.2) is 0 Å². The molecule has 0 heterocycles. The minimum Gasteiger partial charge on any atom is -0.356 e. The maximum absolute atomic E-state index is 12.1. The largest absolute Gasteiger partial charge is 0.356 e. The number of guanidine groups is 1. The summed E-state index contributed by atoms with van der Waals surface area (Å²) in [5.74, 6) is 0.575. The van der Waals surface area contributed by atoms with Gasteiger partial charge in [0, 0.05) is 44.9 Å². The van der Waals surface area contributed by atoms with Crippen LogP contribution < -0.4 is 21.3 Å². The average molecular weight is 424 g/mol. The molecule has 7 nitrogen and oxygen atoms in total. The van der Waals surface area contributed by atoms with E-state index in [0.717, 1.165) is 30.4 Å². The van der Waals surface area contributed by atoms with Crippen LogP contribution in [0.1, 0.15) is 51.6 Å². The lowest BCUT2D eigenvalue weighted by atomic mass is 10.1. The predicted molar refractivity (Wildman–Crippen MR) is 125 cm³/mol. The molecule has 0 fully saturated rings. The van der Waals surface area contributed by atoms with Gasteiger partial charge in [0.2, 0.25) is 0 Å². The molecule has 0 radical (unpaired) electrons. The van der Waals surface area contributed by atoms with Gasteiger partial charge in [0.05, 0.1) is 0 Å². The summed E-state index contributed by atoms with van der Waals surface area (Å²) in [7, 11) is 3.35. The fourth-order valence-electron chi connectivity index (χ4n) is 3.00. The molecule has 7 heteroatoms. The molecule has 0 saturated heterocycles. The molecule has 0 spiro atoms. The Balaban J connectivity index is 1.78. The Morgan fingerprint density at radius 1 is 0.871 bits per heavy atom. The lowest BCUT2D eigenvalue weighted by molar-refractivity contribution is 0.0948. The van der Waals surface area contributed by atoms with Gasteiger partial charge in [-0.05, 0) is 48.2 Å². The van der Waals surface area contributed by atoms with Gasteiger partial charge in [-0.3, -0.25) is 14.6 Å². The monoisotopic (exact) mass is 423 g/mol. The van der Waals surface area contributed by atoms with E-state index in [4.69, 9.17) is 0 Å². The molecule has 2 aromatic rings. The van der Waals surface area contributed by atoms with Crippen LogP contribution in [0.4, 0.5) is 0 Å². The molecule has 0 bridgehead atoms. The number of nitrogens with zero attached hydrogens (tertiary/aromatic N) is 1. The van der Waals surface area contributed by atoms with Crippen LogP contribution in [0, 0.1) is 0 Å². The van der Waals surface area contributed by atoms with Gasteiger partial charge in [0.25, 0.3) is 11.8 Å². The first kappa shape index (κ1) is 23.9. The lowest BCUT2D eigenvalue weighted by Gasteiger charge is -2.12. The summed E-state index contributed by atoms with van der Waals surface area (Å²) in [5.41, 5.74) is 3.47.